The van der Waals surface area contributed by atoms with Crippen LogP contribution in [0.1, 0.15) is 17.3 Å². The molecule has 8 heteroatoms. The number of anilines is 1. The van der Waals surface area contributed by atoms with Crippen molar-refractivity contribution in [1.29, 1.82) is 0 Å². The second kappa shape index (κ2) is 8.13. The van der Waals surface area contributed by atoms with E-state index in [1.54, 1.807) is 0 Å². The van der Waals surface area contributed by atoms with Crippen LogP contribution in [-0.4, -0.2) is 37.1 Å². The van der Waals surface area contributed by atoms with Crippen LogP contribution in [-0.2, 0) is 9.53 Å². The van der Waals surface area contributed by atoms with Crippen LogP contribution in [0.25, 0.3) is 10.2 Å². The number of benzene rings is 2. The van der Waals surface area contributed by atoms with E-state index in [9.17, 15) is 14.0 Å². The van der Waals surface area contributed by atoms with E-state index in [0.29, 0.717) is 11.7 Å². The summed E-state index contributed by atoms with van der Waals surface area (Å²) in [4.78, 5) is 30.4. The summed E-state index contributed by atoms with van der Waals surface area (Å²) >= 11 is 1.38. The third-order valence-corrected chi connectivity index (χ3v) is 4.90. The van der Waals surface area contributed by atoms with Gasteiger partial charge in [0.1, 0.15) is 0 Å². The van der Waals surface area contributed by atoms with Crippen LogP contribution in [0, 0.1) is 5.82 Å². The molecule has 0 aliphatic heterocycles. The molecule has 3 aromatic rings. The van der Waals surface area contributed by atoms with Gasteiger partial charge in [0.05, 0.1) is 22.9 Å². The molecule has 140 valence electrons. The second-order valence-electron chi connectivity index (χ2n) is 5.53. The molecule has 2 aromatic carbocycles. The average molecular weight is 388 g/mol. The highest BCUT2D eigenvalue weighted by atomic mass is 32.1. The lowest BCUT2D eigenvalue weighted by Gasteiger charge is -2.17. The molecule has 3 rings (SSSR count). The van der Waals surface area contributed by atoms with Gasteiger partial charge in [0, 0.05) is 6.54 Å². The van der Waals surface area contributed by atoms with Crippen LogP contribution in [0.5, 0.6) is 5.75 Å². The summed E-state index contributed by atoms with van der Waals surface area (Å²) in [6.07, 6.45) is 0. The van der Waals surface area contributed by atoms with Gasteiger partial charge in [-0.15, -0.1) is 0 Å². The first kappa shape index (κ1) is 18.8. The zero-order chi connectivity index (χ0) is 19.4. The van der Waals surface area contributed by atoms with Crippen molar-refractivity contribution >= 4 is 38.6 Å². The van der Waals surface area contributed by atoms with Gasteiger partial charge in [-0.1, -0.05) is 23.5 Å². The molecule has 1 amide bonds. The lowest BCUT2D eigenvalue weighted by molar-refractivity contribution is -0.121. The maximum absolute atomic E-state index is 13.7. The number of hydrogen-bond donors (Lipinski definition) is 0. The van der Waals surface area contributed by atoms with Crippen molar-refractivity contribution in [2.75, 3.05) is 25.2 Å². The molecule has 0 bridgehead atoms. The summed E-state index contributed by atoms with van der Waals surface area (Å²) in [5.41, 5.74) is 0.804. The van der Waals surface area contributed by atoms with Crippen LogP contribution >= 0.6 is 11.3 Å². The molecule has 0 saturated carbocycles. The topological polar surface area (TPSA) is 68.7 Å². The number of carbonyl (C=O) groups excluding carboxylic acids is 2. The highest BCUT2D eigenvalue weighted by Crippen LogP contribution is 2.28. The maximum Gasteiger partial charge on any atom is 0.338 e. The lowest BCUT2D eigenvalue weighted by Crippen LogP contribution is -2.34. The van der Waals surface area contributed by atoms with E-state index in [-0.39, 0.29) is 11.3 Å². The molecule has 0 spiro atoms. The summed E-state index contributed by atoms with van der Waals surface area (Å²) in [6, 6.07) is 11.3. The fourth-order valence-electron chi connectivity index (χ4n) is 2.48. The van der Waals surface area contributed by atoms with Crippen LogP contribution in [0.3, 0.4) is 0 Å². The Kier molecular flexibility index (Phi) is 5.66. The molecule has 0 aliphatic carbocycles. The molecule has 1 heterocycles. The summed E-state index contributed by atoms with van der Waals surface area (Å²) in [5.74, 6) is -1.84. The first-order chi connectivity index (χ1) is 13.0. The molecule has 0 atom stereocenters. The van der Waals surface area contributed by atoms with Gasteiger partial charge in [-0.05, 0) is 37.3 Å². The van der Waals surface area contributed by atoms with E-state index >= 15 is 0 Å². The van der Waals surface area contributed by atoms with E-state index in [0.717, 1.165) is 16.3 Å². The third kappa shape index (κ3) is 4.06. The van der Waals surface area contributed by atoms with Crippen LogP contribution in [0.15, 0.2) is 42.5 Å². The minimum Gasteiger partial charge on any atom is -0.494 e. The number of thiazole rings is 1. The minimum atomic E-state index is -0.787. The number of carbonyl (C=O) groups is 2. The Balaban J connectivity index is 1.68. The van der Waals surface area contributed by atoms with Crippen LogP contribution in [0.2, 0.25) is 0 Å². The van der Waals surface area contributed by atoms with Crippen molar-refractivity contribution in [2.45, 2.75) is 6.92 Å². The first-order valence-corrected chi connectivity index (χ1v) is 9.01. The van der Waals surface area contributed by atoms with Gasteiger partial charge in [-0.2, -0.15) is 0 Å². The standard InChI is InChI=1S/C19H17FN2O4S/c1-3-22(19-21-14-6-4-5-7-16(14)27-19)17(23)11-26-18(24)12-8-9-15(25-2)13(20)10-12/h4-10H,3,11H2,1-2H3. The highest BCUT2D eigenvalue weighted by molar-refractivity contribution is 7.22. The fraction of sp³-hybridized carbons (Fsp3) is 0.211. The largest absolute Gasteiger partial charge is 0.494 e. The molecule has 1 aromatic heterocycles. The number of ether oxygens (including phenoxy) is 2. The van der Waals surface area contributed by atoms with Crippen LogP contribution in [0.4, 0.5) is 9.52 Å². The van der Waals surface area contributed by atoms with E-state index < -0.39 is 24.3 Å². The number of nitrogens with zero attached hydrogens (tertiary/aromatic N) is 2. The average Bonchev–Trinajstić information content (AvgIpc) is 3.10. The number of halogens is 1. The molecule has 0 fully saturated rings. The highest BCUT2D eigenvalue weighted by Gasteiger charge is 2.20. The summed E-state index contributed by atoms with van der Waals surface area (Å²) in [7, 11) is 1.33. The molecule has 0 saturated heterocycles. The Morgan fingerprint density at radius 3 is 2.67 bits per heavy atom. The zero-order valence-corrected chi connectivity index (χ0v) is 15.6. The predicted octanol–water partition coefficient (Wildman–Crippen LogP) is 3.65. The number of methoxy groups -OCH3 is 1. The van der Waals surface area contributed by atoms with Gasteiger partial charge < -0.3 is 9.47 Å². The van der Waals surface area contributed by atoms with Gasteiger partial charge in [-0.3, -0.25) is 9.69 Å². The van der Waals surface area contributed by atoms with Crippen molar-refractivity contribution in [1.82, 2.24) is 4.98 Å². The SMILES string of the molecule is CCN(C(=O)COC(=O)c1ccc(OC)c(F)c1)c1nc2ccccc2s1. The van der Waals surface area contributed by atoms with Gasteiger partial charge in [0.25, 0.3) is 5.91 Å². The Bertz CT molecular complexity index is 956. The van der Waals surface area contributed by atoms with E-state index in [1.165, 1.54) is 35.5 Å². The molecular weight excluding hydrogens is 371 g/mol. The number of fused-ring (bicyclic) bond motifs is 1. The van der Waals surface area contributed by atoms with Gasteiger partial charge in [0.2, 0.25) is 0 Å². The number of para-hydroxylation sites is 1. The summed E-state index contributed by atoms with van der Waals surface area (Å²) in [6.45, 7) is 1.73. The van der Waals surface area contributed by atoms with Crippen molar-refractivity contribution in [3.8, 4) is 5.75 Å². The smallest absolute Gasteiger partial charge is 0.338 e. The summed E-state index contributed by atoms with van der Waals surface area (Å²) < 4.78 is 24.5. The Hall–Kier alpha value is -3.00. The van der Waals surface area contributed by atoms with Crippen molar-refractivity contribution < 1.29 is 23.5 Å². The van der Waals surface area contributed by atoms with Crippen molar-refractivity contribution in [2.24, 2.45) is 0 Å². The minimum absolute atomic E-state index is 0.00383. The number of rotatable bonds is 6. The monoisotopic (exact) mass is 388 g/mol. The van der Waals surface area contributed by atoms with Crippen molar-refractivity contribution in [3.05, 3.63) is 53.8 Å². The molecule has 0 N–H and O–H groups in total. The molecule has 6 nitrogen and oxygen atoms in total. The third-order valence-electron chi connectivity index (χ3n) is 3.85. The van der Waals surface area contributed by atoms with Gasteiger partial charge in [-0.25, -0.2) is 14.2 Å². The fourth-order valence-corrected chi connectivity index (χ4v) is 3.52. The van der Waals surface area contributed by atoms with E-state index in [1.807, 2.05) is 31.2 Å². The summed E-state index contributed by atoms with van der Waals surface area (Å²) in [5, 5.41) is 0.537. The number of aromatic nitrogens is 1. The zero-order valence-electron chi connectivity index (χ0n) is 14.8. The predicted molar refractivity (Wildman–Crippen MR) is 101 cm³/mol. The number of likely N-dealkylation sites (N-methyl/N-ethyl adjacent to an activating group) is 1. The molecule has 0 unspecified atom stereocenters. The van der Waals surface area contributed by atoms with Gasteiger partial charge in [0.15, 0.2) is 23.3 Å². The second-order valence-corrected chi connectivity index (χ2v) is 6.54. The maximum atomic E-state index is 13.7. The van der Waals surface area contributed by atoms with Crippen LogP contribution < -0.4 is 9.64 Å². The Labute approximate surface area is 159 Å². The molecule has 0 radical (unpaired) electrons. The Morgan fingerprint density at radius 1 is 1.22 bits per heavy atom. The lowest BCUT2D eigenvalue weighted by atomic mass is 10.2. The Morgan fingerprint density at radius 2 is 2.00 bits per heavy atom. The molecular formula is C19H17FN2O4S. The van der Waals surface area contributed by atoms with E-state index in [4.69, 9.17) is 9.47 Å². The first-order valence-electron chi connectivity index (χ1n) is 8.20. The molecule has 27 heavy (non-hydrogen) atoms. The molecule has 0 aliphatic rings. The number of hydrogen-bond acceptors (Lipinski definition) is 6. The number of esters is 1. The quantitative estimate of drug-likeness (QED) is 0.603. The number of amides is 1. The van der Waals surface area contributed by atoms with Gasteiger partial charge >= 0.3 is 5.97 Å². The van der Waals surface area contributed by atoms with Crippen molar-refractivity contribution in [3.63, 3.8) is 0 Å². The normalized spacial score (nSPS) is 10.6. The van der Waals surface area contributed by atoms with E-state index in [2.05, 4.69) is 4.98 Å².